The zero-order valence-corrected chi connectivity index (χ0v) is 14.1. The van der Waals surface area contributed by atoms with Crippen LogP contribution in [0.1, 0.15) is 11.1 Å². The highest BCUT2D eigenvalue weighted by molar-refractivity contribution is 9.10. The van der Waals surface area contributed by atoms with E-state index in [1.165, 1.54) is 6.07 Å². The number of benzene rings is 2. The number of aryl methyl sites for hydroxylation is 2. The standard InChI is InChI=1S/C14H13BrClNO2S/c1-9-5-10(2)7-12(6-9)17-20(18,19)14-4-3-11(15)8-13(14)16/h3-8,17H,1-2H3. The molecule has 0 spiro atoms. The zero-order valence-electron chi connectivity index (χ0n) is 10.9. The molecule has 106 valence electrons. The lowest BCUT2D eigenvalue weighted by molar-refractivity contribution is 0.601. The van der Waals surface area contributed by atoms with Crippen LogP contribution in [-0.2, 0) is 10.0 Å². The van der Waals surface area contributed by atoms with Crippen LogP contribution in [0.2, 0.25) is 5.02 Å². The molecule has 6 heteroatoms. The van der Waals surface area contributed by atoms with Gasteiger partial charge in [-0.3, -0.25) is 4.72 Å². The smallest absolute Gasteiger partial charge is 0.263 e. The minimum atomic E-state index is -3.70. The number of hydrogen-bond acceptors (Lipinski definition) is 2. The maximum absolute atomic E-state index is 12.3. The molecule has 2 aromatic carbocycles. The molecule has 2 rings (SSSR count). The van der Waals surface area contributed by atoms with Gasteiger partial charge in [-0.2, -0.15) is 0 Å². The Bertz CT molecular complexity index is 740. The van der Waals surface area contributed by atoms with E-state index in [0.717, 1.165) is 15.6 Å². The van der Waals surface area contributed by atoms with E-state index in [2.05, 4.69) is 20.7 Å². The predicted octanol–water partition coefficient (Wildman–Crippen LogP) is 4.52. The summed E-state index contributed by atoms with van der Waals surface area (Å²) in [5, 5.41) is 0.177. The van der Waals surface area contributed by atoms with Gasteiger partial charge in [0.15, 0.2) is 0 Å². The summed E-state index contributed by atoms with van der Waals surface area (Å²) in [5.74, 6) is 0. The lowest BCUT2D eigenvalue weighted by atomic mass is 10.1. The molecule has 0 aliphatic carbocycles. The van der Waals surface area contributed by atoms with Crippen LogP contribution in [0, 0.1) is 13.8 Å². The fourth-order valence-electron chi connectivity index (χ4n) is 1.94. The van der Waals surface area contributed by atoms with Gasteiger partial charge in [-0.1, -0.05) is 33.6 Å². The molecule has 0 amide bonds. The second-order valence-electron chi connectivity index (χ2n) is 4.56. The minimum absolute atomic E-state index is 0.0570. The summed E-state index contributed by atoms with van der Waals surface area (Å²) in [5.41, 5.74) is 2.51. The van der Waals surface area contributed by atoms with Crippen LogP contribution in [0.3, 0.4) is 0 Å². The SMILES string of the molecule is Cc1cc(C)cc(NS(=O)(=O)c2ccc(Br)cc2Cl)c1. The van der Waals surface area contributed by atoms with Gasteiger partial charge in [-0.15, -0.1) is 0 Å². The number of hydrogen-bond donors (Lipinski definition) is 1. The second kappa shape index (κ2) is 5.76. The summed E-state index contributed by atoms with van der Waals surface area (Å²) in [6.45, 7) is 3.83. The van der Waals surface area contributed by atoms with Crippen LogP contribution in [0.25, 0.3) is 0 Å². The van der Waals surface area contributed by atoms with Gasteiger partial charge >= 0.3 is 0 Å². The van der Waals surface area contributed by atoms with Gasteiger partial charge in [0.2, 0.25) is 0 Å². The summed E-state index contributed by atoms with van der Waals surface area (Å²) in [6.07, 6.45) is 0. The van der Waals surface area contributed by atoms with Gasteiger partial charge in [0, 0.05) is 10.2 Å². The topological polar surface area (TPSA) is 46.2 Å². The Labute approximate surface area is 132 Å². The van der Waals surface area contributed by atoms with Crippen molar-refractivity contribution in [3.05, 3.63) is 57.0 Å². The summed E-state index contributed by atoms with van der Waals surface area (Å²) in [6, 6.07) is 10.2. The van der Waals surface area contributed by atoms with Gasteiger partial charge in [-0.05, 0) is 55.3 Å². The molecule has 1 N–H and O–H groups in total. The zero-order chi connectivity index (χ0) is 14.9. The Hall–Kier alpha value is -1.04. The lowest BCUT2D eigenvalue weighted by Gasteiger charge is -2.11. The average Bonchev–Trinajstić information content (AvgIpc) is 2.25. The first-order valence-corrected chi connectivity index (χ1v) is 8.49. The summed E-state index contributed by atoms with van der Waals surface area (Å²) in [4.78, 5) is 0.0570. The Morgan fingerprint density at radius 2 is 1.65 bits per heavy atom. The molecule has 0 saturated carbocycles. The van der Waals surface area contributed by atoms with Crippen molar-refractivity contribution < 1.29 is 8.42 Å². The van der Waals surface area contributed by atoms with E-state index in [9.17, 15) is 8.42 Å². The van der Waals surface area contributed by atoms with Crippen molar-refractivity contribution in [2.75, 3.05) is 4.72 Å². The molecule has 0 radical (unpaired) electrons. The fourth-order valence-corrected chi connectivity index (χ4v) is 4.02. The first-order valence-electron chi connectivity index (χ1n) is 5.84. The van der Waals surface area contributed by atoms with Crippen molar-refractivity contribution in [3.8, 4) is 0 Å². The van der Waals surface area contributed by atoms with E-state index in [4.69, 9.17) is 11.6 Å². The Morgan fingerprint density at radius 1 is 1.05 bits per heavy atom. The molecule has 0 saturated heterocycles. The maximum Gasteiger partial charge on any atom is 0.263 e. The van der Waals surface area contributed by atoms with Crippen molar-refractivity contribution in [2.24, 2.45) is 0 Å². The third kappa shape index (κ3) is 3.53. The summed E-state index contributed by atoms with van der Waals surface area (Å²) >= 11 is 9.24. The van der Waals surface area contributed by atoms with Crippen molar-refractivity contribution in [1.29, 1.82) is 0 Å². The lowest BCUT2D eigenvalue weighted by Crippen LogP contribution is -2.13. The minimum Gasteiger partial charge on any atom is -0.280 e. The molecule has 0 bridgehead atoms. The normalized spacial score (nSPS) is 11.4. The highest BCUT2D eigenvalue weighted by Crippen LogP contribution is 2.27. The van der Waals surface area contributed by atoms with E-state index >= 15 is 0 Å². The van der Waals surface area contributed by atoms with Crippen LogP contribution < -0.4 is 4.72 Å². The fraction of sp³-hybridized carbons (Fsp3) is 0.143. The first-order chi connectivity index (χ1) is 9.28. The number of sulfonamides is 1. The first kappa shape index (κ1) is 15.4. The number of halogens is 2. The van der Waals surface area contributed by atoms with Crippen molar-refractivity contribution >= 4 is 43.2 Å². The van der Waals surface area contributed by atoms with Crippen molar-refractivity contribution in [1.82, 2.24) is 0 Å². The molecule has 20 heavy (non-hydrogen) atoms. The average molecular weight is 375 g/mol. The number of nitrogens with one attached hydrogen (secondary N) is 1. The summed E-state index contributed by atoms with van der Waals surface area (Å²) in [7, 11) is -3.70. The van der Waals surface area contributed by atoms with E-state index < -0.39 is 10.0 Å². The van der Waals surface area contributed by atoms with Crippen LogP contribution >= 0.6 is 27.5 Å². The van der Waals surface area contributed by atoms with Crippen LogP contribution in [-0.4, -0.2) is 8.42 Å². The highest BCUT2D eigenvalue weighted by Gasteiger charge is 2.18. The molecule has 3 nitrogen and oxygen atoms in total. The van der Waals surface area contributed by atoms with Gasteiger partial charge in [0.1, 0.15) is 4.90 Å². The molecule has 0 unspecified atom stereocenters. The quantitative estimate of drug-likeness (QED) is 0.858. The molecule has 0 aliphatic heterocycles. The molecule has 0 aliphatic rings. The Kier molecular flexibility index (Phi) is 4.42. The van der Waals surface area contributed by atoms with Gasteiger partial charge in [0.05, 0.1) is 5.02 Å². The van der Waals surface area contributed by atoms with Gasteiger partial charge in [-0.25, -0.2) is 8.42 Å². The Balaban J connectivity index is 2.40. The molecule has 0 heterocycles. The monoisotopic (exact) mass is 373 g/mol. The van der Waals surface area contributed by atoms with E-state index in [1.54, 1.807) is 24.3 Å². The molecule has 0 aromatic heterocycles. The number of rotatable bonds is 3. The van der Waals surface area contributed by atoms with Gasteiger partial charge < -0.3 is 0 Å². The molecular formula is C14H13BrClNO2S. The third-order valence-corrected chi connectivity index (χ3v) is 5.01. The van der Waals surface area contributed by atoms with Crippen molar-refractivity contribution in [3.63, 3.8) is 0 Å². The second-order valence-corrected chi connectivity index (χ2v) is 7.53. The third-order valence-electron chi connectivity index (χ3n) is 2.66. The maximum atomic E-state index is 12.3. The van der Waals surface area contributed by atoms with Gasteiger partial charge in [0.25, 0.3) is 10.0 Å². The van der Waals surface area contributed by atoms with Crippen LogP contribution in [0.15, 0.2) is 45.8 Å². The van der Waals surface area contributed by atoms with Crippen molar-refractivity contribution in [2.45, 2.75) is 18.7 Å². The van der Waals surface area contributed by atoms with E-state index in [-0.39, 0.29) is 9.92 Å². The van der Waals surface area contributed by atoms with Crippen LogP contribution in [0.5, 0.6) is 0 Å². The molecular weight excluding hydrogens is 362 g/mol. The number of anilines is 1. The largest absolute Gasteiger partial charge is 0.280 e. The predicted molar refractivity (Wildman–Crippen MR) is 85.9 cm³/mol. The van der Waals surface area contributed by atoms with E-state index in [1.807, 2.05) is 19.9 Å². The Morgan fingerprint density at radius 3 is 2.20 bits per heavy atom. The molecule has 0 atom stereocenters. The highest BCUT2D eigenvalue weighted by atomic mass is 79.9. The van der Waals surface area contributed by atoms with Crippen LogP contribution in [0.4, 0.5) is 5.69 Å². The summed E-state index contributed by atoms with van der Waals surface area (Å²) < 4.78 is 28.0. The van der Waals surface area contributed by atoms with E-state index in [0.29, 0.717) is 5.69 Å². The molecule has 2 aromatic rings. The molecule has 0 fully saturated rings.